The van der Waals surface area contributed by atoms with E-state index in [1.807, 2.05) is 19.3 Å². The summed E-state index contributed by atoms with van der Waals surface area (Å²) in [7, 11) is 1.87. The van der Waals surface area contributed by atoms with Gasteiger partial charge in [0.2, 0.25) is 11.8 Å². The van der Waals surface area contributed by atoms with E-state index < -0.39 is 0 Å². The second-order valence-electron chi connectivity index (χ2n) is 6.16. The van der Waals surface area contributed by atoms with Gasteiger partial charge in [0, 0.05) is 31.6 Å². The molecule has 6 heteroatoms. The number of ether oxygens (including phenoxy) is 1. The molecule has 0 radical (unpaired) electrons. The van der Waals surface area contributed by atoms with E-state index in [0.717, 1.165) is 18.3 Å². The topological polar surface area (TPSA) is 64.9 Å². The van der Waals surface area contributed by atoms with Gasteiger partial charge in [-0.05, 0) is 24.7 Å². The molecule has 2 aromatic heterocycles. The summed E-state index contributed by atoms with van der Waals surface area (Å²) in [6.45, 7) is 3.07. The summed E-state index contributed by atoms with van der Waals surface area (Å²) in [5.41, 5.74) is 0. The molecule has 22 heavy (non-hydrogen) atoms. The summed E-state index contributed by atoms with van der Waals surface area (Å²) in [5.74, 6) is 3.37. The Morgan fingerprint density at radius 2 is 2.09 bits per heavy atom. The molecule has 0 bridgehead atoms. The van der Waals surface area contributed by atoms with E-state index in [1.54, 1.807) is 16.9 Å². The number of aryl methyl sites for hydroxylation is 1. The number of aromatic nitrogens is 4. The molecular formula is C16H23N5O. The molecule has 0 aliphatic heterocycles. The maximum absolute atomic E-state index is 5.85. The highest BCUT2D eigenvalue weighted by atomic mass is 16.5. The highest BCUT2D eigenvalue weighted by molar-refractivity contribution is 5.46. The number of nitrogens with one attached hydrogen (secondary N) is 1. The molecule has 1 saturated carbocycles. The third kappa shape index (κ3) is 3.96. The van der Waals surface area contributed by atoms with Crippen LogP contribution in [0.3, 0.4) is 0 Å². The van der Waals surface area contributed by atoms with Crippen LogP contribution in [0.2, 0.25) is 0 Å². The summed E-state index contributed by atoms with van der Waals surface area (Å²) in [6.07, 6.45) is 8.70. The van der Waals surface area contributed by atoms with Gasteiger partial charge in [0.05, 0.1) is 6.61 Å². The molecule has 0 atom stereocenters. The third-order valence-corrected chi connectivity index (χ3v) is 4.19. The quantitative estimate of drug-likeness (QED) is 0.919. The van der Waals surface area contributed by atoms with Gasteiger partial charge in [0.25, 0.3) is 0 Å². The molecule has 6 nitrogen and oxygen atoms in total. The molecular weight excluding hydrogens is 278 g/mol. The van der Waals surface area contributed by atoms with E-state index in [9.17, 15) is 0 Å². The monoisotopic (exact) mass is 301 g/mol. The summed E-state index contributed by atoms with van der Waals surface area (Å²) in [5, 5.41) is 7.32. The van der Waals surface area contributed by atoms with E-state index >= 15 is 0 Å². The Bertz CT molecular complexity index is 604. The Labute approximate surface area is 130 Å². The zero-order valence-corrected chi connectivity index (χ0v) is 13.2. The minimum Gasteiger partial charge on any atom is -0.477 e. The van der Waals surface area contributed by atoms with Crippen LogP contribution in [0.25, 0.3) is 0 Å². The largest absolute Gasteiger partial charge is 0.477 e. The zero-order valence-electron chi connectivity index (χ0n) is 13.2. The van der Waals surface area contributed by atoms with Gasteiger partial charge in [-0.15, -0.1) is 0 Å². The molecule has 0 unspecified atom stereocenters. The molecule has 3 rings (SSSR count). The minimum atomic E-state index is 0.508. The predicted octanol–water partition coefficient (Wildman–Crippen LogP) is 3.16. The molecule has 118 valence electrons. The van der Waals surface area contributed by atoms with Crippen LogP contribution in [0.1, 0.15) is 32.6 Å². The van der Waals surface area contributed by atoms with Crippen LogP contribution < -0.4 is 10.1 Å². The minimum absolute atomic E-state index is 0.508. The van der Waals surface area contributed by atoms with Crippen LogP contribution in [0.4, 0.5) is 11.8 Å². The van der Waals surface area contributed by atoms with E-state index in [4.69, 9.17) is 4.74 Å². The van der Waals surface area contributed by atoms with Gasteiger partial charge < -0.3 is 10.1 Å². The first-order valence-corrected chi connectivity index (χ1v) is 7.91. The molecule has 2 heterocycles. The number of hydrogen-bond donors (Lipinski definition) is 1. The fourth-order valence-electron chi connectivity index (χ4n) is 2.78. The van der Waals surface area contributed by atoms with Crippen molar-refractivity contribution in [2.24, 2.45) is 18.9 Å². The number of hydrogen-bond acceptors (Lipinski definition) is 5. The summed E-state index contributed by atoms with van der Waals surface area (Å²) in [4.78, 5) is 8.58. The van der Waals surface area contributed by atoms with Crippen molar-refractivity contribution < 1.29 is 4.74 Å². The summed E-state index contributed by atoms with van der Waals surface area (Å²) in [6, 6.07) is 3.68. The van der Waals surface area contributed by atoms with Gasteiger partial charge in [0.15, 0.2) is 5.82 Å². The third-order valence-electron chi connectivity index (χ3n) is 4.19. The van der Waals surface area contributed by atoms with Crippen molar-refractivity contribution >= 4 is 11.8 Å². The number of anilines is 2. The fraction of sp³-hybridized carbons (Fsp3) is 0.562. The molecule has 1 fully saturated rings. The van der Waals surface area contributed by atoms with Crippen molar-refractivity contribution in [3.05, 3.63) is 24.5 Å². The van der Waals surface area contributed by atoms with E-state index in [1.165, 1.54) is 25.7 Å². The molecule has 0 amide bonds. The Morgan fingerprint density at radius 1 is 1.27 bits per heavy atom. The molecule has 1 N–H and O–H groups in total. The van der Waals surface area contributed by atoms with Crippen LogP contribution >= 0.6 is 0 Å². The fourth-order valence-corrected chi connectivity index (χ4v) is 2.78. The van der Waals surface area contributed by atoms with Gasteiger partial charge >= 0.3 is 0 Å². The second-order valence-corrected chi connectivity index (χ2v) is 6.16. The van der Waals surface area contributed by atoms with E-state index in [0.29, 0.717) is 17.7 Å². The Kier molecular flexibility index (Phi) is 4.56. The SMILES string of the molecule is CC1CCC(COc2ccnc(Nc3ccn(C)n3)n2)CC1. The van der Waals surface area contributed by atoms with Crippen molar-refractivity contribution in [3.63, 3.8) is 0 Å². The summed E-state index contributed by atoms with van der Waals surface area (Å²) >= 11 is 0. The molecule has 0 aromatic carbocycles. The molecule has 0 spiro atoms. The first-order chi connectivity index (χ1) is 10.7. The lowest BCUT2D eigenvalue weighted by Gasteiger charge is -2.25. The van der Waals surface area contributed by atoms with Gasteiger partial charge in [0.1, 0.15) is 0 Å². The first-order valence-electron chi connectivity index (χ1n) is 7.91. The van der Waals surface area contributed by atoms with E-state index in [-0.39, 0.29) is 0 Å². The smallest absolute Gasteiger partial charge is 0.231 e. The zero-order chi connectivity index (χ0) is 15.4. The van der Waals surface area contributed by atoms with E-state index in [2.05, 4.69) is 27.3 Å². The lowest BCUT2D eigenvalue weighted by Crippen LogP contribution is -2.19. The Balaban J connectivity index is 1.54. The lowest BCUT2D eigenvalue weighted by atomic mass is 9.83. The van der Waals surface area contributed by atoms with Crippen LogP contribution in [0.5, 0.6) is 5.88 Å². The highest BCUT2D eigenvalue weighted by Crippen LogP contribution is 2.28. The van der Waals surface area contributed by atoms with Gasteiger partial charge in [-0.25, -0.2) is 4.98 Å². The summed E-state index contributed by atoms with van der Waals surface area (Å²) < 4.78 is 7.58. The maximum atomic E-state index is 5.85. The van der Waals surface area contributed by atoms with Crippen molar-refractivity contribution in [1.29, 1.82) is 0 Å². The average Bonchev–Trinajstić information content (AvgIpc) is 2.92. The van der Waals surface area contributed by atoms with Crippen LogP contribution in [-0.2, 0) is 7.05 Å². The van der Waals surface area contributed by atoms with Crippen LogP contribution in [0, 0.1) is 11.8 Å². The van der Waals surface area contributed by atoms with Gasteiger partial charge in [-0.3, -0.25) is 4.68 Å². The maximum Gasteiger partial charge on any atom is 0.231 e. The molecule has 1 aliphatic rings. The molecule has 0 saturated heterocycles. The Morgan fingerprint density at radius 3 is 2.82 bits per heavy atom. The number of rotatable bonds is 5. The van der Waals surface area contributed by atoms with Gasteiger partial charge in [-0.2, -0.15) is 10.1 Å². The van der Waals surface area contributed by atoms with Crippen LogP contribution in [-0.4, -0.2) is 26.4 Å². The van der Waals surface area contributed by atoms with Crippen molar-refractivity contribution in [2.75, 3.05) is 11.9 Å². The van der Waals surface area contributed by atoms with Gasteiger partial charge in [-0.1, -0.05) is 19.8 Å². The second kappa shape index (κ2) is 6.77. The average molecular weight is 301 g/mol. The van der Waals surface area contributed by atoms with Crippen molar-refractivity contribution in [1.82, 2.24) is 19.7 Å². The molecule has 1 aliphatic carbocycles. The predicted molar refractivity (Wildman–Crippen MR) is 85.1 cm³/mol. The van der Waals surface area contributed by atoms with Crippen LogP contribution in [0.15, 0.2) is 24.5 Å². The van der Waals surface area contributed by atoms with Crippen molar-refractivity contribution in [2.45, 2.75) is 32.6 Å². The standard InChI is InChI=1S/C16H23N5O/c1-12-3-5-13(6-4-12)11-22-15-7-9-17-16(19-15)18-14-8-10-21(2)20-14/h7-10,12-13H,3-6,11H2,1-2H3,(H,17,18,19,20). The highest BCUT2D eigenvalue weighted by Gasteiger charge is 2.18. The lowest BCUT2D eigenvalue weighted by molar-refractivity contribution is 0.183. The Hall–Kier alpha value is -2.11. The molecule has 2 aromatic rings. The first kappa shape index (κ1) is 14.8. The van der Waals surface area contributed by atoms with Crippen molar-refractivity contribution in [3.8, 4) is 5.88 Å². The normalized spacial score (nSPS) is 21.5. The number of nitrogens with zero attached hydrogens (tertiary/aromatic N) is 4.